The number of nitriles is 1. The normalized spacial score (nSPS) is 11.1. The van der Waals surface area contributed by atoms with Crippen molar-refractivity contribution in [2.75, 3.05) is 5.32 Å². The summed E-state index contributed by atoms with van der Waals surface area (Å²) in [6.07, 6.45) is 3.18. The molecule has 10 heteroatoms. The van der Waals surface area contributed by atoms with Gasteiger partial charge in [-0.1, -0.05) is 35.1 Å². The van der Waals surface area contributed by atoms with E-state index in [1.54, 1.807) is 35.0 Å². The predicted molar refractivity (Wildman–Crippen MR) is 125 cm³/mol. The number of nitrogens with one attached hydrogen (secondary N) is 1. The Kier molecular flexibility index (Phi) is 6.06. The summed E-state index contributed by atoms with van der Waals surface area (Å²) in [4.78, 5) is 23.1. The van der Waals surface area contributed by atoms with Crippen LogP contribution in [0.3, 0.4) is 0 Å². The molecule has 0 aliphatic heterocycles. The Morgan fingerprint density at radius 1 is 1.18 bits per heavy atom. The van der Waals surface area contributed by atoms with Gasteiger partial charge in [-0.15, -0.1) is 10.2 Å². The van der Waals surface area contributed by atoms with Crippen LogP contribution in [-0.2, 0) is 4.79 Å². The lowest BCUT2D eigenvalue weighted by Crippen LogP contribution is -2.13. The number of carbonyl (C=O) groups is 1. The van der Waals surface area contributed by atoms with Crippen LogP contribution in [0, 0.1) is 28.4 Å². The van der Waals surface area contributed by atoms with Gasteiger partial charge in [-0.3, -0.25) is 20.2 Å². The third-order valence-electron chi connectivity index (χ3n) is 4.69. The number of amides is 1. The third kappa shape index (κ3) is 4.84. The number of anilines is 1. The summed E-state index contributed by atoms with van der Waals surface area (Å²) in [6.45, 7) is 1.98. The highest BCUT2D eigenvalue weighted by Crippen LogP contribution is 2.27. The van der Waals surface area contributed by atoms with E-state index in [-0.39, 0.29) is 16.4 Å². The van der Waals surface area contributed by atoms with Gasteiger partial charge in [-0.2, -0.15) is 5.26 Å². The van der Waals surface area contributed by atoms with E-state index in [1.807, 2.05) is 37.3 Å². The van der Waals surface area contributed by atoms with E-state index in [4.69, 9.17) is 0 Å². The van der Waals surface area contributed by atoms with Crippen molar-refractivity contribution in [3.05, 3.63) is 93.8 Å². The zero-order valence-electron chi connectivity index (χ0n) is 17.3. The smallest absolute Gasteiger partial charge is 0.269 e. The number of benzene rings is 2. The molecule has 1 amide bonds. The number of nitrogens with zero attached hydrogens (tertiary/aromatic N) is 5. The number of nitro benzene ring substituents is 1. The molecule has 0 saturated carbocycles. The number of hydrogen-bond donors (Lipinski definition) is 1. The molecule has 1 N–H and O–H groups in total. The zero-order valence-corrected chi connectivity index (χ0v) is 18.1. The zero-order chi connectivity index (χ0) is 23.4. The summed E-state index contributed by atoms with van der Waals surface area (Å²) in [7, 11) is 0. The summed E-state index contributed by atoms with van der Waals surface area (Å²) in [5.41, 5.74) is 3.05. The first-order valence-corrected chi connectivity index (χ1v) is 10.5. The van der Waals surface area contributed by atoms with Gasteiger partial charge in [0.15, 0.2) is 0 Å². The molecule has 0 bridgehead atoms. The fourth-order valence-corrected chi connectivity index (χ4v) is 3.85. The van der Waals surface area contributed by atoms with Crippen LogP contribution in [0.2, 0.25) is 0 Å². The van der Waals surface area contributed by atoms with E-state index in [0.29, 0.717) is 16.4 Å². The van der Waals surface area contributed by atoms with E-state index < -0.39 is 10.8 Å². The van der Waals surface area contributed by atoms with E-state index in [2.05, 4.69) is 15.5 Å². The number of rotatable bonds is 6. The van der Waals surface area contributed by atoms with E-state index in [1.165, 1.54) is 29.5 Å². The maximum absolute atomic E-state index is 12.7. The molecular weight excluding hydrogens is 440 g/mol. The second-order valence-electron chi connectivity index (χ2n) is 6.98. The quantitative estimate of drug-likeness (QED) is 0.193. The molecule has 162 valence electrons. The van der Waals surface area contributed by atoms with Crippen molar-refractivity contribution in [3.8, 4) is 22.3 Å². The number of nitro groups is 1. The molecular formula is C23H16N6O3S. The lowest BCUT2D eigenvalue weighted by Gasteiger charge is -2.07. The van der Waals surface area contributed by atoms with Crippen LogP contribution in [0.25, 0.3) is 22.3 Å². The van der Waals surface area contributed by atoms with Crippen LogP contribution in [0.5, 0.6) is 0 Å². The second-order valence-corrected chi connectivity index (χ2v) is 7.96. The van der Waals surface area contributed by atoms with Gasteiger partial charge in [0, 0.05) is 35.3 Å². The molecule has 9 nitrogen and oxygen atoms in total. The van der Waals surface area contributed by atoms with Crippen molar-refractivity contribution < 1.29 is 9.72 Å². The highest BCUT2D eigenvalue weighted by atomic mass is 32.1. The van der Waals surface area contributed by atoms with Crippen LogP contribution < -0.4 is 5.32 Å². The Bertz CT molecular complexity index is 1410. The van der Waals surface area contributed by atoms with Gasteiger partial charge in [0.2, 0.25) is 5.13 Å². The number of non-ortho nitro benzene ring substituents is 1. The largest absolute Gasteiger partial charge is 0.317 e. The number of carbonyl (C=O) groups excluding carboxylic acids is 1. The summed E-state index contributed by atoms with van der Waals surface area (Å²) < 4.78 is 1.72. The van der Waals surface area contributed by atoms with Gasteiger partial charge >= 0.3 is 0 Å². The Hall–Kier alpha value is -4.62. The van der Waals surface area contributed by atoms with Crippen molar-refractivity contribution in [2.24, 2.45) is 0 Å². The van der Waals surface area contributed by atoms with Crippen LogP contribution in [0.15, 0.2) is 72.4 Å². The van der Waals surface area contributed by atoms with Crippen LogP contribution in [-0.4, -0.2) is 25.6 Å². The summed E-state index contributed by atoms with van der Waals surface area (Å²) in [5, 5.41) is 32.1. The first-order chi connectivity index (χ1) is 15.9. The molecule has 0 fully saturated rings. The minimum absolute atomic E-state index is 0.0258. The van der Waals surface area contributed by atoms with Gasteiger partial charge in [0.1, 0.15) is 16.6 Å². The standard InChI is InChI=1S/C23H16N6O3S/c1-15-4-2-5-16(12-15)22-26-27-23(33-22)25-21(30)17(14-24)13-20-6-3-11-28(20)18-7-9-19(10-8-18)29(31)32/h2-13H,1H3,(H,25,27,30)/b17-13-. The molecule has 4 aromatic rings. The second kappa shape index (κ2) is 9.25. The molecule has 33 heavy (non-hydrogen) atoms. The lowest BCUT2D eigenvalue weighted by atomic mass is 10.1. The van der Waals surface area contributed by atoms with Crippen molar-refractivity contribution in [1.82, 2.24) is 14.8 Å². The molecule has 2 aromatic carbocycles. The molecule has 4 rings (SSSR count). The lowest BCUT2D eigenvalue weighted by molar-refractivity contribution is -0.384. The Morgan fingerprint density at radius 2 is 1.97 bits per heavy atom. The highest BCUT2D eigenvalue weighted by molar-refractivity contribution is 7.18. The van der Waals surface area contributed by atoms with Crippen LogP contribution in [0.1, 0.15) is 11.3 Å². The SMILES string of the molecule is Cc1cccc(-c2nnc(NC(=O)/C(C#N)=C\c3cccn3-c3ccc([N+](=O)[O-])cc3)s2)c1. The minimum Gasteiger partial charge on any atom is -0.317 e. The van der Waals surface area contributed by atoms with Crippen molar-refractivity contribution >= 4 is 34.1 Å². The third-order valence-corrected chi connectivity index (χ3v) is 5.57. The average molecular weight is 456 g/mol. The predicted octanol–water partition coefficient (Wildman–Crippen LogP) is 4.76. The van der Waals surface area contributed by atoms with Gasteiger partial charge in [0.25, 0.3) is 11.6 Å². The fourth-order valence-electron chi connectivity index (χ4n) is 3.11. The van der Waals surface area contributed by atoms with E-state index >= 15 is 0 Å². The molecule has 0 aliphatic rings. The minimum atomic E-state index is -0.610. The Balaban J connectivity index is 1.54. The number of aryl methyl sites for hydroxylation is 1. The number of hydrogen-bond acceptors (Lipinski definition) is 7. The Labute approximate surface area is 192 Å². The first kappa shape index (κ1) is 21.6. The summed E-state index contributed by atoms with van der Waals surface area (Å²) >= 11 is 1.21. The summed E-state index contributed by atoms with van der Waals surface area (Å²) in [5.74, 6) is -0.610. The van der Waals surface area contributed by atoms with Gasteiger partial charge in [-0.05, 0) is 43.3 Å². The van der Waals surface area contributed by atoms with Crippen molar-refractivity contribution in [2.45, 2.75) is 6.92 Å². The van der Waals surface area contributed by atoms with Crippen LogP contribution in [0.4, 0.5) is 10.8 Å². The van der Waals surface area contributed by atoms with Crippen molar-refractivity contribution in [1.29, 1.82) is 5.26 Å². The molecule has 0 unspecified atom stereocenters. The van der Waals surface area contributed by atoms with Gasteiger partial charge in [0.05, 0.1) is 4.92 Å². The maximum atomic E-state index is 12.7. The number of aromatic nitrogens is 3. The Morgan fingerprint density at radius 3 is 2.67 bits per heavy atom. The molecule has 2 aromatic heterocycles. The van der Waals surface area contributed by atoms with Crippen LogP contribution >= 0.6 is 11.3 Å². The molecule has 2 heterocycles. The molecule has 0 spiro atoms. The average Bonchev–Trinajstić information content (AvgIpc) is 3.47. The molecule has 0 atom stereocenters. The topological polar surface area (TPSA) is 127 Å². The first-order valence-electron chi connectivity index (χ1n) is 9.70. The molecule has 0 saturated heterocycles. The maximum Gasteiger partial charge on any atom is 0.269 e. The molecule has 0 radical (unpaired) electrons. The highest BCUT2D eigenvalue weighted by Gasteiger charge is 2.15. The van der Waals surface area contributed by atoms with Gasteiger partial charge in [-0.25, -0.2) is 0 Å². The van der Waals surface area contributed by atoms with E-state index in [0.717, 1.165) is 11.1 Å². The summed E-state index contributed by atoms with van der Waals surface area (Å²) in [6, 6.07) is 19.1. The van der Waals surface area contributed by atoms with Crippen molar-refractivity contribution in [3.63, 3.8) is 0 Å². The van der Waals surface area contributed by atoms with Gasteiger partial charge < -0.3 is 4.57 Å². The van der Waals surface area contributed by atoms with E-state index in [9.17, 15) is 20.2 Å². The fraction of sp³-hybridized carbons (Fsp3) is 0.0435. The molecule has 0 aliphatic carbocycles. The monoisotopic (exact) mass is 456 g/mol.